The number of hydrogen-bond acceptors (Lipinski definition) is 3. The number of ether oxygens (including phenoxy) is 2. The van der Waals surface area contributed by atoms with Crippen molar-refractivity contribution in [3.63, 3.8) is 0 Å². The Bertz CT molecular complexity index is 455. The molecule has 0 aliphatic heterocycles. The molecule has 1 aromatic rings. The summed E-state index contributed by atoms with van der Waals surface area (Å²) < 4.78 is 45.5. The topological polar surface area (TPSA) is 35.5 Å². The Morgan fingerprint density at radius 1 is 1.20 bits per heavy atom. The van der Waals surface area contributed by atoms with E-state index in [-0.39, 0.29) is 5.92 Å². The van der Waals surface area contributed by atoms with Crippen molar-refractivity contribution in [3.05, 3.63) is 29.8 Å². The molecule has 0 saturated heterocycles. The lowest BCUT2D eigenvalue weighted by Crippen LogP contribution is -2.30. The Kier molecular flexibility index (Phi) is 5.56. The van der Waals surface area contributed by atoms with E-state index in [4.69, 9.17) is 4.74 Å². The second-order valence-corrected chi connectivity index (χ2v) is 4.68. The van der Waals surface area contributed by atoms with Crippen LogP contribution in [-0.2, 0) is 9.53 Å². The van der Waals surface area contributed by atoms with Crippen LogP contribution in [0.15, 0.2) is 24.3 Å². The number of carbonyl (C=O) groups excluding carboxylic acids is 1. The molecule has 0 fully saturated rings. The normalized spacial score (nSPS) is 13.3. The zero-order valence-corrected chi connectivity index (χ0v) is 11.5. The van der Waals surface area contributed by atoms with Crippen molar-refractivity contribution in [2.45, 2.75) is 39.0 Å². The average Bonchev–Trinajstić information content (AvgIpc) is 2.35. The molecule has 1 atom stereocenters. The molecular weight excluding hydrogens is 273 g/mol. The number of para-hydroxylation sites is 1. The number of benzene rings is 1. The van der Waals surface area contributed by atoms with E-state index >= 15 is 0 Å². The van der Waals surface area contributed by atoms with Crippen LogP contribution < -0.4 is 4.74 Å². The summed E-state index contributed by atoms with van der Waals surface area (Å²) in [7, 11) is 0. The van der Waals surface area contributed by atoms with Crippen molar-refractivity contribution in [2.24, 2.45) is 0 Å². The monoisotopic (exact) mass is 290 g/mol. The molecule has 0 spiro atoms. The van der Waals surface area contributed by atoms with E-state index in [1.807, 2.05) is 13.8 Å². The van der Waals surface area contributed by atoms with Crippen molar-refractivity contribution >= 4 is 5.97 Å². The van der Waals surface area contributed by atoms with Crippen LogP contribution in [0.4, 0.5) is 13.2 Å². The Balaban J connectivity index is 2.66. The van der Waals surface area contributed by atoms with Crippen LogP contribution in [0, 0.1) is 0 Å². The van der Waals surface area contributed by atoms with Crippen molar-refractivity contribution in [1.82, 2.24) is 0 Å². The van der Waals surface area contributed by atoms with E-state index < -0.39 is 24.9 Å². The smallest absolute Gasteiger partial charge is 0.411 e. The number of hydrogen-bond donors (Lipinski definition) is 0. The second kappa shape index (κ2) is 6.74. The van der Waals surface area contributed by atoms with Gasteiger partial charge in [0.2, 0.25) is 0 Å². The highest BCUT2D eigenvalue weighted by Crippen LogP contribution is 2.26. The molecule has 0 amide bonds. The average molecular weight is 290 g/mol. The number of esters is 1. The van der Waals surface area contributed by atoms with Crippen LogP contribution in [0.25, 0.3) is 0 Å². The molecule has 3 nitrogen and oxygen atoms in total. The van der Waals surface area contributed by atoms with E-state index in [9.17, 15) is 18.0 Å². The van der Waals surface area contributed by atoms with Crippen LogP contribution in [0.3, 0.4) is 0 Å². The molecule has 1 aromatic carbocycles. The third-order valence-corrected chi connectivity index (χ3v) is 2.58. The fourth-order valence-corrected chi connectivity index (χ4v) is 1.53. The minimum absolute atomic E-state index is 0.130. The molecule has 6 heteroatoms. The summed E-state index contributed by atoms with van der Waals surface area (Å²) >= 11 is 0. The highest BCUT2D eigenvalue weighted by molar-refractivity contribution is 5.77. The van der Waals surface area contributed by atoms with E-state index in [0.29, 0.717) is 5.75 Å². The van der Waals surface area contributed by atoms with Crippen LogP contribution in [0.2, 0.25) is 0 Å². The molecule has 0 saturated carbocycles. The molecule has 0 heterocycles. The van der Waals surface area contributed by atoms with Crippen LogP contribution in [-0.4, -0.2) is 24.9 Å². The summed E-state index contributed by atoms with van der Waals surface area (Å²) in [4.78, 5) is 11.7. The second-order valence-electron chi connectivity index (χ2n) is 4.68. The van der Waals surface area contributed by atoms with Gasteiger partial charge in [0.05, 0.1) is 0 Å². The van der Waals surface area contributed by atoms with E-state index in [1.54, 1.807) is 24.3 Å². The SMILES string of the molecule is CC(OCC(F)(F)F)C(=O)Oc1ccccc1C(C)C. The van der Waals surface area contributed by atoms with Crippen LogP contribution in [0.5, 0.6) is 5.75 Å². The molecule has 1 rings (SSSR count). The quantitative estimate of drug-likeness (QED) is 0.613. The first-order valence-electron chi connectivity index (χ1n) is 6.19. The van der Waals surface area contributed by atoms with Gasteiger partial charge in [0.15, 0.2) is 6.10 Å². The van der Waals surface area contributed by atoms with Crippen molar-refractivity contribution in [2.75, 3.05) is 6.61 Å². The Morgan fingerprint density at radius 2 is 1.80 bits per heavy atom. The molecule has 20 heavy (non-hydrogen) atoms. The van der Waals surface area contributed by atoms with Gasteiger partial charge in [0.25, 0.3) is 0 Å². The molecule has 0 aliphatic carbocycles. The van der Waals surface area contributed by atoms with E-state index in [0.717, 1.165) is 5.56 Å². The summed E-state index contributed by atoms with van der Waals surface area (Å²) in [6, 6.07) is 6.89. The largest absolute Gasteiger partial charge is 0.424 e. The van der Waals surface area contributed by atoms with Gasteiger partial charge < -0.3 is 9.47 Å². The maximum atomic E-state index is 12.0. The molecule has 0 radical (unpaired) electrons. The Hall–Kier alpha value is -1.56. The molecule has 0 aromatic heterocycles. The van der Waals surface area contributed by atoms with Gasteiger partial charge in [-0.25, -0.2) is 4.79 Å². The van der Waals surface area contributed by atoms with Gasteiger partial charge in [-0.3, -0.25) is 0 Å². The van der Waals surface area contributed by atoms with E-state index in [2.05, 4.69) is 4.74 Å². The minimum atomic E-state index is -4.47. The zero-order valence-electron chi connectivity index (χ0n) is 11.5. The Labute approximate surface area is 115 Å². The molecular formula is C14H17F3O3. The predicted molar refractivity (Wildman–Crippen MR) is 67.6 cm³/mol. The minimum Gasteiger partial charge on any atom is -0.424 e. The maximum Gasteiger partial charge on any atom is 0.411 e. The highest BCUT2D eigenvalue weighted by atomic mass is 19.4. The van der Waals surface area contributed by atoms with Gasteiger partial charge in [-0.1, -0.05) is 32.0 Å². The number of halogens is 3. The molecule has 0 N–H and O–H groups in total. The van der Waals surface area contributed by atoms with Crippen molar-refractivity contribution < 1.29 is 27.4 Å². The van der Waals surface area contributed by atoms with Gasteiger partial charge in [-0.05, 0) is 24.5 Å². The summed E-state index contributed by atoms with van der Waals surface area (Å²) in [6.45, 7) is 3.60. The van der Waals surface area contributed by atoms with Gasteiger partial charge in [0, 0.05) is 0 Å². The number of carbonyl (C=O) groups is 1. The first-order chi connectivity index (χ1) is 9.20. The lowest BCUT2D eigenvalue weighted by atomic mass is 10.0. The van der Waals surface area contributed by atoms with Crippen molar-refractivity contribution in [1.29, 1.82) is 0 Å². The highest BCUT2D eigenvalue weighted by Gasteiger charge is 2.30. The Morgan fingerprint density at radius 3 is 2.35 bits per heavy atom. The third kappa shape index (κ3) is 5.21. The van der Waals surface area contributed by atoms with Gasteiger partial charge >= 0.3 is 12.1 Å². The summed E-state index contributed by atoms with van der Waals surface area (Å²) in [6.07, 6.45) is -5.75. The summed E-state index contributed by atoms with van der Waals surface area (Å²) in [5, 5.41) is 0. The van der Waals surface area contributed by atoms with Gasteiger partial charge in [-0.15, -0.1) is 0 Å². The predicted octanol–water partition coefficient (Wildman–Crippen LogP) is 3.68. The third-order valence-electron chi connectivity index (χ3n) is 2.58. The van der Waals surface area contributed by atoms with Gasteiger partial charge in [0.1, 0.15) is 12.4 Å². The molecule has 1 unspecified atom stereocenters. The summed E-state index contributed by atoms with van der Waals surface area (Å²) in [5.74, 6) is -0.372. The fraction of sp³-hybridized carbons (Fsp3) is 0.500. The van der Waals surface area contributed by atoms with E-state index in [1.165, 1.54) is 6.92 Å². The number of alkyl halides is 3. The van der Waals surface area contributed by atoms with Crippen LogP contribution >= 0.6 is 0 Å². The lowest BCUT2D eigenvalue weighted by molar-refractivity contribution is -0.189. The van der Waals surface area contributed by atoms with Crippen LogP contribution in [0.1, 0.15) is 32.3 Å². The number of rotatable bonds is 5. The van der Waals surface area contributed by atoms with Crippen molar-refractivity contribution in [3.8, 4) is 5.75 Å². The van der Waals surface area contributed by atoms with Gasteiger partial charge in [-0.2, -0.15) is 13.2 Å². The fourth-order valence-electron chi connectivity index (χ4n) is 1.53. The maximum absolute atomic E-state index is 12.0. The first-order valence-corrected chi connectivity index (χ1v) is 6.19. The zero-order chi connectivity index (χ0) is 15.3. The lowest BCUT2D eigenvalue weighted by Gasteiger charge is -2.16. The summed E-state index contributed by atoms with van der Waals surface area (Å²) in [5.41, 5.74) is 0.809. The molecule has 0 aliphatic rings. The molecule has 112 valence electrons. The molecule has 0 bridgehead atoms. The first kappa shape index (κ1) is 16.5. The standard InChI is InChI=1S/C14H17F3O3/c1-9(2)11-6-4-5-7-12(11)20-13(18)10(3)19-8-14(15,16)17/h4-7,9-10H,8H2,1-3H3.